The third-order valence-electron chi connectivity index (χ3n) is 1.68. The standard InChI is InChI=1S/C10H11NO4/c1-2-15-10(14)11-8-4-3-7(6-12)9(13)5-8/h3-6,13H,2H2,1H3,(H,11,14). The van der Waals surface area contributed by atoms with E-state index < -0.39 is 6.09 Å². The average molecular weight is 209 g/mol. The van der Waals surface area contributed by atoms with E-state index in [0.717, 1.165) is 0 Å². The molecule has 0 aliphatic carbocycles. The summed E-state index contributed by atoms with van der Waals surface area (Å²) in [4.78, 5) is 21.4. The van der Waals surface area contributed by atoms with Gasteiger partial charge in [0.25, 0.3) is 0 Å². The molecule has 1 aromatic rings. The van der Waals surface area contributed by atoms with Crippen molar-refractivity contribution in [3.63, 3.8) is 0 Å². The summed E-state index contributed by atoms with van der Waals surface area (Å²) in [7, 11) is 0. The van der Waals surface area contributed by atoms with Gasteiger partial charge in [-0.1, -0.05) is 0 Å². The third-order valence-corrected chi connectivity index (χ3v) is 1.68. The van der Waals surface area contributed by atoms with Crippen molar-refractivity contribution >= 4 is 18.1 Å². The number of aromatic hydroxyl groups is 1. The number of hydrogen-bond donors (Lipinski definition) is 2. The maximum absolute atomic E-state index is 11.0. The second kappa shape index (κ2) is 4.99. The summed E-state index contributed by atoms with van der Waals surface area (Å²) in [6.07, 6.45) is -0.0699. The Hall–Kier alpha value is -2.04. The van der Waals surface area contributed by atoms with Crippen LogP contribution < -0.4 is 5.32 Å². The summed E-state index contributed by atoms with van der Waals surface area (Å²) in [5.41, 5.74) is 0.543. The number of hydrogen-bond acceptors (Lipinski definition) is 4. The molecule has 1 amide bonds. The molecule has 0 aromatic heterocycles. The van der Waals surface area contributed by atoms with Crippen molar-refractivity contribution in [3.05, 3.63) is 23.8 Å². The van der Waals surface area contributed by atoms with E-state index in [9.17, 15) is 14.7 Å². The number of phenols is 1. The molecule has 15 heavy (non-hydrogen) atoms. The summed E-state index contributed by atoms with van der Waals surface area (Å²) < 4.78 is 4.64. The van der Waals surface area contributed by atoms with Crippen LogP contribution in [-0.2, 0) is 4.74 Å². The molecule has 0 bridgehead atoms. The lowest BCUT2D eigenvalue weighted by atomic mass is 10.2. The number of aldehydes is 1. The maximum Gasteiger partial charge on any atom is 0.411 e. The molecular weight excluding hydrogens is 198 g/mol. The van der Waals surface area contributed by atoms with E-state index in [4.69, 9.17) is 0 Å². The molecule has 0 aliphatic heterocycles. The van der Waals surface area contributed by atoms with Crippen molar-refractivity contribution in [2.24, 2.45) is 0 Å². The SMILES string of the molecule is CCOC(=O)Nc1ccc(C=O)c(O)c1. The zero-order valence-corrected chi connectivity index (χ0v) is 8.19. The summed E-state index contributed by atoms with van der Waals surface area (Å²) in [6, 6.07) is 4.19. The highest BCUT2D eigenvalue weighted by atomic mass is 16.5. The molecule has 0 radical (unpaired) electrons. The van der Waals surface area contributed by atoms with Gasteiger partial charge in [0.05, 0.1) is 12.2 Å². The molecule has 2 N–H and O–H groups in total. The topological polar surface area (TPSA) is 75.6 Å². The van der Waals surface area contributed by atoms with Crippen LogP contribution in [0.3, 0.4) is 0 Å². The Balaban J connectivity index is 2.75. The predicted molar refractivity (Wildman–Crippen MR) is 54.1 cm³/mol. The molecule has 1 aromatic carbocycles. The number of anilines is 1. The number of phenolic OH excluding ortho intramolecular Hbond substituents is 1. The molecule has 5 nitrogen and oxygen atoms in total. The highest BCUT2D eigenvalue weighted by Gasteiger charge is 2.05. The van der Waals surface area contributed by atoms with Crippen molar-refractivity contribution in [2.45, 2.75) is 6.92 Å². The smallest absolute Gasteiger partial charge is 0.411 e. The number of amides is 1. The van der Waals surface area contributed by atoms with Crippen LogP contribution >= 0.6 is 0 Å². The van der Waals surface area contributed by atoms with Crippen LogP contribution in [0, 0.1) is 0 Å². The van der Waals surface area contributed by atoms with Crippen molar-refractivity contribution in [3.8, 4) is 5.75 Å². The van der Waals surface area contributed by atoms with Gasteiger partial charge >= 0.3 is 6.09 Å². The lowest BCUT2D eigenvalue weighted by Gasteiger charge is -2.05. The maximum atomic E-state index is 11.0. The van der Waals surface area contributed by atoms with Crippen molar-refractivity contribution in [2.75, 3.05) is 11.9 Å². The van der Waals surface area contributed by atoms with Gasteiger partial charge in [0.2, 0.25) is 0 Å². The average Bonchev–Trinajstić information content (AvgIpc) is 2.18. The van der Waals surface area contributed by atoms with E-state index >= 15 is 0 Å². The molecule has 0 fully saturated rings. The third kappa shape index (κ3) is 2.98. The zero-order chi connectivity index (χ0) is 11.3. The summed E-state index contributed by atoms with van der Waals surface area (Å²) >= 11 is 0. The van der Waals surface area contributed by atoms with E-state index in [2.05, 4.69) is 10.1 Å². The van der Waals surface area contributed by atoms with E-state index in [1.54, 1.807) is 6.92 Å². The van der Waals surface area contributed by atoms with Crippen LogP contribution in [0.15, 0.2) is 18.2 Å². The number of ether oxygens (including phenoxy) is 1. The molecule has 0 saturated heterocycles. The summed E-state index contributed by atoms with van der Waals surface area (Å²) in [5.74, 6) is -0.181. The molecule has 5 heteroatoms. The first-order chi connectivity index (χ1) is 7.17. The van der Waals surface area contributed by atoms with Crippen LogP contribution in [0.2, 0.25) is 0 Å². The van der Waals surface area contributed by atoms with Gasteiger partial charge in [-0.25, -0.2) is 4.79 Å². The number of benzene rings is 1. The molecule has 1 rings (SSSR count). The summed E-state index contributed by atoms with van der Waals surface area (Å²) in [5, 5.41) is 11.7. The van der Waals surface area contributed by atoms with Gasteiger partial charge in [-0.3, -0.25) is 10.1 Å². The Kier molecular flexibility index (Phi) is 3.68. The fourth-order valence-corrected chi connectivity index (χ4v) is 1.01. The Morgan fingerprint density at radius 3 is 2.87 bits per heavy atom. The van der Waals surface area contributed by atoms with E-state index in [1.165, 1.54) is 18.2 Å². The molecule has 80 valence electrons. The van der Waals surface area contributed by atoms with E-state index in [0.29, 0.717) is 12.0 Å². The number of nitrogens with one attached hydrogen (secondary N) is 1. The second-order valence-corrected chi connectivity index (χ2v) is 2.74. The number of carbonyl (C=O) groups excluding carboxylic acids is 2. The lowest BCUT2D eigenvalue weighted by molar-refractivity contribution is 0.112. The van der Waals surface area contributed by atoms with Crippen LogP contribution in [-0.4, -0.2) is 24.1 Å². The predicted octanol–water partition coefficient (Wildman–Crippen LogP) is 1.77. The minimum Gasteiger partial charge on any atom is -0.507 e. The fourth-order valence-electron chi connectivity index (χ4n) is 1.01. The second-order valence-electron chi connectivity index (χ2n) is 2.74. The molecule has 0 unspecified atom stereocenters. The molecular formula is C10H11NO4. The normalized spacial score (nSPS) is 9.40. The fraction of sp³-hybridized carbons (Fsp3) is 0.200. The van der Waals surface area contributed by atoms with Gasteiger partial charge in [0, 0.05) is 11.8 Å². The first kappa shape index (κ1) is 11.0. The Morgan fingerprint density at radius 2 is 2.33 bits per heavy atom. The van der Waals surface area contributed by atoms with Crippen molar-refractivity contribution in [1.29, 1.82) is 0 Å². The molecule has 0 heterocycles. The Morgan fingerprint density at radius 1 is 1.60 bits per heavy atom. The first-order valence-corrected chi connectivity index (χ1v) is 4.39. The minimum atomic E-state index is -0.601. The quantitative estimate of drug-likeness (QED) is 0.744. The van der Waals surface area contributed by atoms with Gasteiger partial charge in [0.1, 0.15) is 5.75 Å². The number of rotatable bonds is 3. The zero-order valence-electron chi connectivity index (χ0n) is 8.19. The van der Waals surface area contributed by atoms with Gasteiger partial charge in [-0.2, -0.15) is 0 Å². The van der Waals surface area contributed by atoms with Gasteiger partial charge < -0.3 is 9.84 Å². The van der Waals surface area contributed by atoms with Gasteiger partial charge in [-0.05, 0) is 19.1 Å². The Bertz CT molecular complexity index is 376. The number of carbonyl (C=O) groups is 2. The Labute approximate surface area is 86.7 Å². The highest BCUT2D eigenvalue weighted by molar-refractivity contribution is 5.87. The van der Waals surface area contributed by atoms with Crippen molar-refractivity contribution < 1.29 is 19.4 Å². The highest BCUT2D eigenvalue weighted by Crippen LogP contribution is 2.20. The van der Waals surface area contributed by atoms with E-state index in [-0.39, 0.29) is 17.9 Å². The van der Waals surface area contributed by atoms with Crippen LogP contribution in [0.1, 0.15) is 17.3 Å². The molecule has 0 spiro atoms. The van der Waals surface area contributed by atoms with E-state index in [1.807, 2.05) is 0 Å². The first-order valence-electron chi connectivity index (χ1n) is 4.39. The monoisotopic (exact) mass is 209 g/mol. The van der Waals surface area contributed by atoms with Crippen LogP contribution in [0.25, 0.3) is 0 Å². The van der Waals surface area contributed by atoms with Crippen LogP contribution in [0.5, 0.6) is 5.75 Å². The van der Waals surface area contributed by atoms with Gasteiger partial charge in [0.15, 0.2) is 6.29 Å². The molecule has 0 atom stereocenters. The molecule has 0 saturated carbocycles. The van der Waals surface area contributed by atoms with Gasteiger partial charge in [-0.15, -0.1) is 0 Å². The van der Waals surface area contributed by atoms with Crippen LogP contribution in [0.4, 0.5) is 10.5 Å². The summed E-state index contributed by atoms with van der Waals surface area (Å²) in [6.45, 7) is 1.96. The minimum absolute atomic E-state index is 0.171. The molecule has 0 aliphatic rings. The largest absolute Gasteiger partial charge is 0.507 e. The van der Waals surface area contributed by atoms with Crippen molar-refractivity contribution in [1.82, 2.24) is 0 Å². The lowest BCUT2D eigenvalue weighted by Crippen LogP contribution is -2.13.